The molecule has 0 N–H and O–H groups in total. The molecule has 0 saturated carbocycles. The second-order valence-electron chi connectivity index (χ2n) is 5.82. The lowest BCUT2D eigenvalue weighted by Gasteiger charge is -2.38. The monoisotopic (exact) mass is 325 g/mol. The maximum Gasteiger partial charge on any atom is 0.205 e. The van der Waals surface area contributed by atoms with E-state index in [9.17, 15) is 0 Å². The van der Waals surface area contributed by atoms with E-state index in [1.165, 1.54) is 27.9 Å². The lowest BCUT2D eigenvalue weighted by Crippen LogP contribution is -2.52. The Morgan fingerprint density at radius 2 is 2.00 bits per heavy atom. The van der Waals surface area contributed by atoms with Crippen molar-refractivity contribution in [1.29, 1.82) is 0 Å². The molecule has 4 nitrogen and oxygen atoms in total. The third kappa shape index (κ3) is 2.94. The van der Waals surface area contributed by atoms with Gasteiger partial charge in [0, 0.05) is 31.0 Å². The first kappa shape index (κ1) is 14.6. The van der Waals surface area contributed by atoms with Gasteiger partial charge >= 0.3 is 0 Å². The van der Waals surface area contributed by atoms with Gasteiger partial charge in [0.2, 0.25) is 5.13 Å². The van der Waals surface area contributed by atoms with Crippen LogP contribution < -0.4 is 4.90 Å². The lowest BCUT2D eigenvalue weighted by molar-refractivity contribution is 0.0230. The van der Waals surface area contributed by atoms with Crippen LogP contribution in [0.1, 0.15) is 18.3 Å². The molecule has 3 aromatic rings. The zero-order valence-corrected chi connectivity index (χ0v) is 13.9. The van der Waals surface area contributed by atoms with E-state index in [1.54, 1.807) is 0 Å². The zero-order valence-electron chi connectivity index (χ0n) is 13.1. The molecule has 23 heavy (non-hydrogen) atoms. The predicted molar refractivity (Wildman–Crippen MR) is 94.0 cm³/mol. The Labute approximate surface area is 139 Å². The number of hydrogen-bond acceptors (Lipinski definition) is 5. The number of aryl methyl sites for hydroxylation is 1. The molecule has 5 heteroatoms. The average molecular weight is 325 g/mol. The number of aromatic nitrogens is 2. The van der Waals surface area contributed by atoms with E-state index in [1.807, 2.05) is 0 Å². The van der Waals surface area contributed by atoms with Crippen LogP contribution in [0.15, 0.2) is 42.5 Å². The van der Waals surface area contributed by atoms with Crippen molar-refractivity contribution in [3.8, 4) is 0 Å². The van der Waals surface area contributed by atoms with Gasteiger partial charge in [-0.15, -0.1) is 0 Å². The van der Waals surface area contributed by atoms with Crippen LogP contribution in [0.4, 0.5) is 5.13 Å². The summed E-state index contributed by atoms with van der Waals surface area (Å²) in [5.41, 5.74) is 1.26. The molecule has 1 saturated heterocycles. The molecule has 0 amide bonds. The summed E-state index contributed by atoms with van der Waals surface area (Å²) in [4.78, 5) is 6.76. The van der Waals surface area contributed by atoms with E-state index in [4.69, 9.17) is 4.74 Å². The number of anilines is 1. The molecule has 0 radical (unpaired) electrons. The second kappa shape index (κ2) is 6.26. The van der Waals surface area contributed by atoms with E-state index < -0.39 is 0 Å². The number of benzene rings is 2. The standard InChI is InChI=1S/C18H19N3OS/c1-2-17-19-18(23-20-17)21-10-15(11-21)22-12-14-8-5-7-13-6-3-4-9-16(13)14/h3-9,15H,2,10-12H2,1H3. The first-order valence-corrected chi connectivity index (χ1v) is 8.76. The highest BCUT2D eigenvalue weighted by Gasteiger charge is 2.30. The summed E-state index contributed by atoms with van der Waals surface area (Å²) in [6.45, 7) is 4.56. The topological polar surface area (TPSA) is 38.2 Å². The van der Waals surface area contributed by atoms with E-state index >= 15 is 0 Å². The summed E-state index contributed by atoms with van der Waals surface area (Å²) in [6, 6.07) is 14.9. The van der Waals surface area contributed by atoms with Crippen LogP contribution in [0.3, 0.4) is 0 Å². The van der Waals surface area contributed by atoms with Crippen molar-refractivity contribution < 1.29 is 4.74 Å². The van der Waals surface area contributed by atoms with Crippen molar-refractivity contribution in [2.24, 2.45) is 0 Å². The highest BCUT2D eigenvalue weighted by molar-refractivity contribution is 7.09. The Balaban J connectivity index is 1.36. The molecule has 2 heterocycles. The van der Waals surface area contributed by atoms with E-state index in [-0.39, 0.29) is 6.10 Å². The number of fused-ring (bicyclic) bond motifs is 1. The summed E-state index contributed by atoms with van der Waals surface area (Å²) in [7, 11) is 0. The third-order valence-corrected chi connectivity index (χ3v) is 5.06. The van der Waals surface area contributed by atoms with E-state index in [0.717, 1.165) is 30.5 Å². The summed E-state index contributed by atoms with van der Waals surface area (Å²) in [5.74, 6) is 0.935. The van der Waals surface area contributed by atoms with Gasteiger partial charge in [0.05, 0.1) is 12.7 Å². The lowest BCUT2D eigenvalue weighted by atomic mass is 10.1. The number of rotatable bonds is 5. The van der Waals surface area contributed by atoms with Gasteiger partial charge in [-0.2, -0.15) is 4.37 Å². The van der Waals surface area contributed by atoms with Gasteiger partial charge < -0.3 is 9.64 Å². The quantitative estimate of drug-likeness (QED) is 0.717. The molecule has 0 spiro atoms. The van der Waals surface area contributed by atoms with Crippen LogP contribution in [0, 0.1) is 0 Å². The maximum atomic E-state index is 6.07. The first-order chi connectivity index (χ1) is 11.3. The van der Waals surface area contributed by atoms with Gasteiger partial charge in [-0.1, -0.05) is 49.4 Å². The van der Waals surface area contributed by atoms with Crippen molar-refractivity contribution in [3.05, 3.63) is 53.9 Å². The molecule has 1 aliphatic heterocycles. The van der Waals surface area contributed by atoms with Gasteiger partial charge in [-0.25, -0.2) is 4.98 Å². The highest BCUT2D eigenvalue weighted by atomic mass is 32.1. The highest BCUT2D eigenvalue weighted by Crippen LogP contribution is 2.26. The predicted octanol–water partition coefficient (Wildman–Crippen LogP) is 3.66. The van der Waals surface area contributed by atoms with Crippen molar-refractivity contribution in [2.75, 3.05) is 18.0 Å². The summed E-state index contributed by atoms with van der Waals surface area (Å²) < 4.78 is 10.4. The molecule has 1 aliphatic rings. The van der Waals surface area contributed by atoms with E-state index in [2.05, 4.69) is 63.6 Å². The van der Waals surface area contributed by atoms with Crippen LogP contribution in [0.2, 0.25) is 0 Å². The van der Waals surface area contributed by atoms with Crippen LogP contribution in [-0.4, -0.2) is 28.6 Å². The molecular weight excluding hydrogens is 306 g/mol. The minimum atomic E-state index is 0.281. The van der Waals surface area contributed by atoms with Crippen molar-refractivity contribution in [3.63, 3.8) is 0 Å². The molecule has 2 aromatic carbocycles. The number of ether oxygens (including phenoxy) is 1. The minimum absolute atomic E-state index is 0.281. The molecule has 0 aliphatic carbocycles. The largest absolute Gasteiger partial charge is 0.370 e. The Hall–Kier alpha value is -1.98. The fourth-order valence-electron chi connectivity index (χ4n) is 2.84. The van der Waals surface area contributed by atoms with Gasteiger partial charge in [0.25, 0.3) is 0 Å². The van der Waals surface area contributed by atoms with Crippen molar-refractivity contribution in [1.82, 2.24) is 9.36 Å². The molecule has 118 valence electrons. The van der Waals surface area contributed by atoms with Crippen LogP contribution in [0.5, 0.6) is 0 Å². The number of hydrogen-bond donors (Lipinski definition) is 0. The average Bonchev–Trinajstić information content (AvgIpc) is 3.02. The third-order valence-electron chi connectivity index (χ3n) is 4.25. The van der Waals surface area contributed by atoms with Gasteiger partial charge in [-0.05, 0) is 16.3 Å². The van der Waals surface area contributed by atoms with Gasteiger partial charge in [-0.3, -0.25) is 0 Å². The Kier molecular flexibility index (Phi) is 3.97. The minimum Gasteiger partial charge on any atom is -0.370 e. The Morgan fingerprint density at radius 3 is 2.83 bits per heavy atom. The Bertz CT molecular complexity index is 805. The summed E-state index contributed by atoms with van der Waals surface area (Å²) >= 11 is 1.49. The normalized spacial score (nSPS) is 15.1. The van der Waals surface area contributed by atoms with Crippen molar-refractivity contribution in [2.45, 2.75) is 26.1 Å². The molecule has 0 bridgehead atoms. The molecule has 1 aromatic heterocycles. The molecule has 0 atom stereocenters. The Morgan fingerprint density at radius 1 is 1.17 bits per heavy atom. The molecule has 0 unspecified atom stereocenters. The zero-order chi connectivity index (χ0) is 15.6. The number of nitrogens with zero attached hydrogens (tertiary/aromatic N) is 3. The fourth-order valence-corrected chi connectivity index (χ4v) is 3.61. The van der Waals surface area contributed by atoms with E-state index in [0.29, 0.717) is 6.61 Å². The van der Waals surface area contributed by atoms with Crippen molar-refractivity contribution >= 4 is 27.4 Å². The smallest absolute Gasteiger partial charge is 0.205 e. The van der Waals surface area contributed by atoms with Gasteiger partial charge in [0.15, 0.2) is 0 Å². The van der Waals surface area contributed by atoms with Crippen LogP contribution in [0.25, 0.3) is 10.8 Å². The van der Waals surface area contributed by atoms with Gasteiger partial charge in [0.1, 0.15) is 5.82 Å². The molecule has 4 rings (SSSR count). The first-order valence-electron chi connectivity index (χ1n) is 7.99. The van der Waals surface area contributed by atoms with Crippen LogP contribution in [-0.2, 0) is 17.8 Å². The molecular formula is C18H19N3OS. The fraction of sp³-hybridized carbons (Fsp3) is 0.333. The maximum absolute atomic E-state index is 6.07. The summed E-state index contributed by atoms with van der Waals surface area (Å²) in [6.07, 6.45) is 1.17. The SMILES string of the molecule is CCc1nsc(N2CC(OCc3cccc4ccccc34)C2)n1. The second-order valence-corrected chi connectivity index (χ2v) is 6.55. The van der Waals surface area contributed by atoms with Crippen LogP contribution >= 0.6 is 11.5 Å². The summed E-state index contributed by atoms with van der Waals surface area (Å²) in [5, 5.41) is 3.57. The molecule has 1 fully saturated rings.